The third-order valence-corrected chi connectivity index (χ3v) is 1.58. The molecule has 0 heterocycles. The van der Waals surface area contributed by atoms with E-state index in [1.165, 1.54) is 0 Å². The number of hydrogen-bond donors (Lipinski definition) is 0. The number of halogens is 1. The van der Waals surface area contributed by atoms with E-state index in [4.69, 9.17) is 9.47 Å². The van der Waals surface area contributed by atoms with Gasteiger partial charge in [0, 0.05) is 14.2 Å². The van der Waals surface area contributed by atoms with Crippen LogP contribution < -0.4 is 0 Å². The van der Waals surface area contributed by atoms with E-state index in [0.717, 1.165) is 0 Å². The summed E-state index contributed by atoms with van der Waals surface area (Å²) in [6, 6.07) is 0. The van der Waals surface area contributed by atoms with E-state index in [9.17, 15) is 0 Å². The zero-order chi connectivity index (χ0) is 6.62. The van der Waals surface area contributed by atoms with Crippen molar-refractivity contribution in [3.63, 3.8) is 0 Å². The van der Waals surface area contributed by atoms with Gasteiger partial charge in [-0.1, -0.05) is 0 Å². The topological polar surface area (TPSA) is 18.5 Å². The molecule has 0 aromatic heterocycles. The van der Waals surface area contributed by atoms with Crippen LogP contribution in [0.4, 0.5) is 0 Å². The summed E-state index contributed by atoms with van der Waals surface area (Å²) in [6.07, 6.45) is 0. The lowest BCUT2D eigenvalue weighted by atomic mass is 10.4. The van der Waals surface area contributed by atoms with Gasteiger partial charge in [-0.3, -0.25) is 0 Å². The monoisotopic (exact) mass is 230 g/mol. The Balaban J connectivity index is 3.37. The fourth-order valence-corrected chi connectivity index (χ4v) is 0.628. The number of alkyl halides is 1. The molecule has 0 aliphatic carbocycles. The largest absolute Gasteiger partial charge is 0.381 e. The van der Waals surface area contributed by atoms with E-state index in [1.807, 2.05) is 6.92 Å². The van der Waals surface area contributed by atoms with Crippen molar-refractivity contribution in [3.05, 3.63) is 0 Å². The summed E-state index contributed by atoms with van der Waals surface area (Å²) in [7, 11) is 3.33. The van der Waals surface area contributed by atoms with Gasteiger partial charge >= 0.3 is 0 Å². The van der Waals surface area contributed by atoms with E-state index in [-0.39, 0.29) is 3.61 Å². The molecule has 0 aromatic carbocycles. The van der Waals surface area contributed by atoms with Crippen molar-refractivity contribution in [2.24, 2.45) is 0 Å². The SMILES string of the molecule is COCC(C)(I)OC. The lowest BCUT2D eigenvalue weighted by Crippen LogP contribution is -2.24. The van der Waals surface area contributed by atoms with Crippen LogP contribution in [0.2, 0.25) is 0 Å². The van der Waals surface area contributed by atoms with Crippen molar-refractivity contribution in [1.82, 2.24) is 0 Å². The molecule has 0 aliphatic rings. The van der Waals surface area contributed by atoms with Gasteiger partial charge < -0.3 is 9.47 Å². The number of ether oxygens (including phenoxy) is 2. The van der Waals surface area contributed by atoms with E-state index >= 15 is 0 Å². The molecule has 0 radical (unpaired) electrons. The molecule has 0 rings (SSSR count). The summed E-state index contributed by atoms with van der Waals surface area (Å²) in [4.78, 5) is 0. The molecular formula is C5H11IO2. The van der Waals surface area contributed by atoms with Crippen LogP contribution in [-0.2, 0) is 9.47 Å². The Morgan fingerprint density at radius 1 is 1.50 bits per heavy atom. The summed E-state index contributed by atoms with van der Waals surface area (Å²) in [5.74, 6) is 0. The minimum atomic E-state index is -0.160. The van der Waals surface area contributed by atoms with Gasteiger partial charge in [-0.2, -0.15) is 0 Å². The van der Waals surface area contributed by atoms with Gasteiger partial charge in [-0.25, -0.2) is 0 Å². The molecule has 0 aliphatic heterocycles. The summed E-state index contributed by atoms with van der Waals surface area (Å²) in [5, 5.41) is 0. The number of rotatable bonds is 3. The summed E-state index contributed by atoms with van der Waals surface area (Å²) < 4.78 is 9.74. The second-order valence-corrected chi connectivity index (χ2v) is 4.02. The van der Waals surface area contributed by atoms with Crippen molar-refractivity contribution >= 4 is 22.6 Å². The zero-order valence-electron chi connectivity index (χ0n) is 5.40. The Hall–Kier alpha value is 0.650. The Bertz CT molecular complexity index is 63.4. The van der Waals surface area contributed by atoms with Crippen LogP contribution >= 0.6 is 22.6 Å². The molecule has 2 nitrogen and oxygen atoms in total. The van der Waals surface area contributed by atoms with Gasteiger partial charge in [0.2, 0.25) is 0 Å². The van der Waals surface area contributed by atoms with Crippen LogP contribution in [0.15, 0.2) is 0 Å². The van der Waals surface area contributed by atoms with E-state index in [2.05, 4.69) is 22.6 Å². The Labute approximate surface area is 63.7 Å². The smallest absolute Gasteiger partial charge is 0.139 e. The minimum Gasteiger partial charge on any atom is -0.381 e. The molecule has 3 heteroatoms. The predicted molar refractivity (Wildman–Crippen MR) is 41.3 cm³/mol. The highest BCUT2D eigenvalue weighted by atomic mass is 127. The molecule has 1 atom stereocenters. The minimum absolute atomic E-state index is 0.160. The van der Waals surface area contributed by atoms with E-state index < -0.39 is 0 Å². The predicted octanol–water partition coefficient (Wildman–Crippen LogP) is 1.43. The zero-order valence-corrected chi connectivity index (χ0v) is 7.56. The highest BCUT2D eigenvalue weighted by Crippen LogP contribution is 2.17. The lowest BCUT2D eigenvalue weighted by Gasteiger charge is -2.18. The fourth-order valence-electron chi connectivity index (χ4n) is 0.317. The fraction of sp³-hybridized carbons (Fsp3) is 1.00. The maximum Gasteiger partial charge on any atom is 0.139 e. The molecule has 0 bridgehead atoms. The van der Waals surface area contributed by atoms with Crippen molar-refractivity contribution in [2.75, 3.05) is 20.8 Å². The third-order valence-electron chi connectivity index (χ3n) is 0.828. The first-order valence-corrected chi connectivity index (χ1v) is 3.43. The van der Waals surface area contributed by atoms with Crippen molar-refractivity contribution in [2.45, 2.75) is 10.5 Å². The molecule has 0 aromatic rings. The highest BCUT2D eigenvalue weighted by molar-refractivity contribution is 14.1. The average Bonchev–Trinajstić information content (AvgIpc) is 1.67. The van der Waals surface area contributed by atoms with E-state index in [1.54, 1.807) is 14.2 Å². The highest BCUT2D eigenvalue weighted by Gasteiger charge is 2.17. The second-order valence-electron chi connectivity index (χ2n) is 1.74. The quantitative estimate of drug-likeness (QED) is 0.539. The van der Waals surface area contributed by atoms with Crippen LogP contribution in [0, 0.1) is 0 Å². The maximum absolute atomic E-state index is 5.04. The van der Waals surface area contributed by atoms with Crippen molar-refractivity contribution < 1.29 is 9.47 Å². The van der Waals surface area contributed by atoms with Gasteiger partial charge in [-0.15, -0.1) is 0 Å². The van der Waals surface area contributed by atoms with Gasteiger partial charge in [0.15, 0.2) is 0 Å². The molecule has 8 heavy (non-hydrogen) atoms. The van der Waals surface area contributed by atoms with Crippen LogP contribution in [0.1, 0.15) is 6.92 Å². The van der Waals surface area contributed by atoms with Gasteiger partial charge in [-0.05, 0) is 29.5 Å². The van der Waals surface area contributed by atoms with Gasteiger partial charge in [0.25, 0.3) is 0 Å². The molecule has 0 amide bonds. The maximum atomic E-state index is 5.04. The normalized spacial score (nSPS) is 18.0. The first kappa shape index (κ1) is 8.65. The van der Waals surface area contributed by atoms with Crippen molar-refractivity contribution in [1.29, 1.82) is 0 Å². The number of hydrogen-bond acceptors (Lipinski definition) is 2. The number of methoxy groups -OCH3 is 2. The Morgan fingerprint density at radius 3 is 2.12 bits per heavy atom. The summed E-state index contributed by atoms with van der Waals surface area (Å²) in [6.45, 7) is 2.60. The standard InChI is InChI=1S/C5H11IO2/c1-5(6,8-3)4-7-2/h4H2,1-3H3. The van der Waals surface area contributed by atoms with Crippen LogP contribution in [0.25, 0.3) is 0 Å². The van der Waals surface area contributed by atoms with E-state index in [0.29, 0.717) is 6.61 Å². The summed E-state index contributed by atoms with van der Waals surface area (Å²) >= 11 is 2.19. The average molecular weight is 230 g/mol. The molecule has 50 valence electrons. The Kier molecular flexibility index (Phi) is 3.93. The first-order valence-electron chi connectivity index (χ1n) is 2.35. The third kappa shape index (κ3) is 3.63. The van der Waals surface area contributed by atoms with Crippen molar-refractivity contribution in [3.8, 4) is 0 Å². The molecule has 0 saturated heterocycles. The Morgan fingerprint density at radius 2 is 2.00 bits per heavy atom. The molecule has 0 spiro atoms. The van der Waals surface area contributed by atoms with Crippen LogP contribution in [-0.4, -0.2) is 24.4 Å². The molecular weight excluding hydrogens is 219 g/mol. The molecule has 0 saturated carbocycles. The molecule has 1 unspecified atom stereocenters. The second kappa shape index (κ2) is 3.63. The summed E-state index contributed by atoms with van der Waals surface area (Å²) in [5.41, 5.74) is 0. The molecule has 0 N–H and O–H groups in total. The van der Waals surface area contributed by atoms with Gasteiger partial charge in [0.05, 0.1) is 6.61 Å². The molecule has 0 fully saturated rings. The van der Waals surface area contributed by atoms with Crippen LogP contribution in [0.3, 0.4) is 0 Å². The first-order chi connectivity index (χ1) is 3.62. The van der Waals surface area contributed by atoms with Crippen LogP contribution in [0.5, 0.6) is 0 Å². The van der Waals surface area contributed by atoms with Gasteiger partial charge in [0.1, 0.15) is 3.61 Å². The lowest BCUT2D eigenvalue weighted by molar-refractivity contribution is 0.0278.